The zero-order valence-electron chi connectivity index (χ0n) is 10.4. The van der Waals surface area contributed by atoms with Crippen LogP contribution in [0.5, 0.6) is 0 Å². The van der Waals surface area contributed by atoms with Crippen molar-refractivity contribution in [3.8, 4) is 0 Å². The molecule has 2 rings (SSSR count). The Morgan fingerprint density at radius 2 is 2.47 bits per heavy atom. The molecule has 94 valence electrons. The highest BCUT2D eigenvalue weighted by Crippen LogP contribution is 2.17. The second-order valence-corrected chi connectivity index (χ2v) is 4.39. The molecule has 1 aromatic heterocycles. The Morgan fingerprint density at radius 3 is 3.06 bits per heavy atom. The van der Waals surface area contributed by atoms with Gasteiger partial charge in [-0.3, -0.25) is 9.89 Å². The molecule has 5 nitrogen and oxygen atoms in total. The van der Waals surface area contributed by atoms with E-state index in [1.54, 1.807) is 6.26 Å². The molecule has 0 fully saturated rings. The highest BCUT2D eigenvalue weighted by Gasteiger charge is 2.17. The van der Waals surface area contributed by atoms with Crippen LogP contribution in [0.2, 0.25) is 0 Å². The molecular weight excluding hydrogens is 216 g/mol. The van der Waals surface area contributed by atoms with Gasteiger partial charge in [0.25, 0.3) is 0 Å². The van der Waals surface area contributed by atoms with E-state index in [4.69, 9.17) is 4.42 Å². The van der Waals surface area contributed by atoms with Crippen LogP contribution < -0.4 is 10.6 Å². The summed E-state index contributed by atoms with van der Waals surface area (Å²) in [7, 11) is 4.09. The fourth-order valence-electron chi connectivity index (χ4n) is 1.86. The predicted molar refractivity (Wildman–Crippen MR) is 68.1 cm³/mol. The Hall–Kier alpha value is -1.49. The first-order chi connectivity index (χ1) is 8.27. The van der Waals surface area contributed by atoms with Crippen LogP contribution in [0.25, 0.3) is 0 Å². The van der Waals surface area contributed by atoms with Crippen molar-refractivity contribution in [1.82, 2.24) is 15.5 Å². The van der Waals surface area contributed by atoms with Crippen molar-refractivity contribution in [2.24, 2.45) is 4.99 Å². The average molecular weight is 236 g/mol. The Bertz CT molecular complexity index is 359. The molecule has 0 spiro atoms. The van der Waals surface area contributed by atoms with Crippen molar-refractivity contribution < 1.29 is 4.42 Å². The average Bonchev–Trinajstić information content (AvgIpc) is 2.84. The van der Waals surface area contributed by atoms with E-state index in [-0.39, 0.29) is 6.04 Å². The molecular formula is C12H20N4O. The standard InChI is InChI=1S/C12H20N4O/c1-16(2)10(11-5-3-8-17-11)9-15-12-13-6-4-7-14-12/h3,5,8,10H,4,6-7,9H2,1-2H3,(H2,13,14,15). The number of hydrogen-bond acceptors (Lipinski definition) is 5. The molecule has 1 atom stereocenters. The van der Waals surface area contributed by atoms with Gasteiger partial charge in [0.2, 0.25) is 0 Å². The maximum atomic E-state index is 5.45. The van der Waals surface area contributed by atoms with Crippen LogP contribution in [0.4, 0.5) is 0 Å². The van der Waals surface area contributed by atoms with Crippen molar-refractivity contribution >= 4 is 5.96 Å². The number of guanidine groups is 1. The van der Waals surface area contributed by atoms with Crippen molar-refractivity contribution in [1.29, 1.82) is 0 Å². The molecule has 0 aliphatic carbocycles. The molecule has 0 radical (unpaired) electrons. The number of rotatable bonds is 4. The molecule has 1 aromatic rings. The number of hydrogen-bond donors (Lipinski definition) is 2. The van der Waals surface area contributed by atoms with Gasteiger partial charge in [0.1, 0.15) is 5.76 Å². The lowest BCUT2D eigenvalue weighted by atomic mass is 10.2. The number of furan rings is 1. The summed E-state index contributed by atoms with van der Waals surface area (Å²) in [6, 6.07) is 4.14. The fourth-order valence-corrected chi connectivity index (χ4v) is 1.86. The van der Waals surface area contributed by atoms with E-state index < -0.39 is 0 Å². The third kappa shape index (κ3) is 3.23. The molecule has 1 unspecified atom stereocenters. The summed E-state index contributed by atoms with van der Waals surface area (Å²) in [4.78, 5) is 6.52. The summed E-state index contributed by atoms with van der Waals surface area (Å²) in [6.07, 6.45) is 2.82. The van der Waals surface area contributed by atoms with Gasteiger partial charge in [0.05, 0.1) is 12.3 Å². The summed E-state index contributed by atoms with van der Waals surface area (Å²) < 4.78 is 5.45. The van der Waals surface area contributed by atoms with Gasteiger partial charge in [-0.15, -0.1) is 0 Å². The normalized spacial score (nSPS) is 17.5. The van der Waals surface area contributed by atoms with E-state index in [1.165, 1.54) is 0 Å². The van der Waals surface area contributed by atoms with Crippen LogP contribution in [0.15, 0.2) is 27.8 Å². The van der Waals surface area contributed by atoms with Gasteiger partial charge >= 0.3 is 0 Å². The number of nitrogens with zero attached hydrogens (tertiary/aromatic N) is 2. The second kappa shape index (κ2) is 5.72. The summed E-state index contributed by atoms with van der Waals surface area (Å²) in [5.74, 6) is 1.87. The minimum Gasteiger partial charge on any atom is -0.468 e. The highest BCUT2D eigenvalue weighted by molar-refractivity contribution is 5.80. The van der Waals surface area contributed by atoms with Crippen molar-refractivity contribution in [3.63, 3.8) is 0 Å². The Balaban J connectivity index is 1.92. The lowest BCUT2D eigenvalue weighted by molar-refractivity contribution is 0.258. The van der Waals surface area contributed by atoms with Crippen molar-refractivity contribution in [2.75, 3.05) is 33.7 Å². The maximum Gasteiger partial charge on any atom is 0.191 e. The van der Waals surface area contributed by atoms with E-state index in [2.05, 4.69) is 20.5 Å². The Labute approximate surface area is 102 Å². The Morgan fingerprint density at radius 1 is 1.59 bits per heavy atom. The number of aliphatic imine (C=N–C) groups is 1. The largest absolute Gasteiger partial charge is 0.468 e. The van der Waals surface area contributed by atoms with Crippen LogP contribution in [0.3, 0.4) is 0 Å². The molecule has 0 aromatic carbocycles. The summed E-state index contributed by atoms with van der Waals surface area (Å²) in [5, 5.41) is 6.58. The summed E-state index contributed by atoms with van der Waals surface area (Å²) in [6.45, 7) is 2.69. The molecule has 2 heterocycles. The predicted octanol–water partition coefficient (Wildman–Crippen LogP) is 0.821. The van der Waals surface area contributed by atoms with E-state index in [9.17, 15) is 0 Å². The first kappa shape index (κ1) is 12.0. The monoisotopic (exact) mass is 236 g/mol. The molecule has 1 aliphatic heterocycles. The van der Waals surface area contributed by atoms with Gasteiger partial charge in [-0.2, -0.15) is 0 Å². The van der Waals surface area contributed by atoms with Crippen molar-refractivity contribution in [3.05, 3.63) is 24.2 Å². The van der Waals surface area contributed by atoms with Crippen LogP contribution in [0.1, 0.15) is 18.2 Å². The van der Waals surface area contributed by atoms with Crippen LogP contribution in [0, 0.1) is 0 Å². The number of nitrogens with one attached hydrogen (secondary N) is 2. The lowest BCUT2D eigenvalue weighted by Gasteiger charge is -2.24. The van der Waals surface area contributed by atoms with E-state index in [1.807, 2.05) is 26.2 Å². The van der Waals surface area contributed by atoms with Crippen LogP contribution >= 0.6 is 0 Å². The van der Waals surface area contributed by atoms with Gasteiger partial charge in [-0.1, -0.05) is 0 Å². The van der Waals surface area contributed by atoms with Gasteiger partial charge in [-0.25, -0.2) is 0 Å². The van der Waals surface area contributed by atoms with E-state index in [0.717, 1.165) is 37.8 Å². The van der Waals surface area contributed by atoms with Gasteiger partial charge in [-0.05, 0) is 32.6 Å². The molecule has 17 heavy (non-hydrogen) atoms. The Kier molecular flexibility index (Phi) is 4.03. The summed E-state index contributed by atoms with van der Waals surface area (Å²) in [5.41, 5.74) is 0. The third-order valence-electron chi connectivity index (χ3n) is 2.86. The SMILES string of the molecule is CN(C)C(CNC1=NCCCN1)c1ccco1. The molecule has 0 amide bonds. The van der Waals surface area contributed by atoms with E-state index in [0.29, 0.717) is 0 Å². The lowest BCUT2D eigenvalue weighted by Crippen LogP contribution is -2.44. The first-order valence-corrected chi connectivity index (χ1v) is 5.99. The highest BCUT2D eigenvalue weighted by atomic mass is 16.3. The van der Waals surface area contributed by atoms with Gasteiger partial charge in [0, 0.05) is 19.6 Å². The molecule has 0 saturated carbocycles. The topological polar surface area (TPSA) is 52.8 Å². The van der Waals surface area contributed by atoms with Crippen LogP contribution in [-0.2, 0) is 0 Å². The minimum atomic E-state index is 0.219. The zero-order valence-corrected chi connectivity index (χ0v) is 10.4. The molecule has 2 N–H and O–H groups in total. The van der Waals surface area contributed by atoms with Gasteiger partial charge < -0.3 is 15.1 Å². The molecule has 0 saturated heterocycles. The third-order valence-corrected chi connectivity index (χ3v) is 2.86. The summed E-state index contributed by atoms with van der Waals surface area (Å²) >= 11 is 0. The van der Waals surface area contributed by atoms with Crippen LogP contribution in [-0.4, -0.2) is 44.6 Å². The maximum absolute atomic E-state index is 5.45. The zero-order chi connectivity index (χ0) is 12.1. The molecule has 5 heteroatoms. The van der Waals surface area contributed by atoms with Crippen molar-refractivity contribution in [2.45, 2.75) is 12.5 Å². The second-order valence-electron chi connectivity index (χ2n) is 4.39. The van der Waals surface area contributed by atoms with E-state index >= 15 is 0 Å². The molecule has 1 aliphatic rings. The smallest absolute Gasteiger partial charge is 0.191 e. The first-order valence-electron chi connectivity index (χ1n) is 5.99. The van der Waals surface area contributed by atoms with Gasteiger partial charge in [0.15, 0.2) is 5.96 Å². The fraction of sp³-hybridized carbons (Fsp3) is 0.583. The number of likely N-dealkylation sites (N-methyl/N-ethyl adjacent to an activating group) is 1. The molecule has 0 bridgehead atoms. The quantitative estimate of drug-likeness (QED) is 0.812. The minimum absolute atomic E-state index is 0.219.